The standard InChI is InChI=1S/C25H33ClN2O3/c1-2-3-4-5-6-7-8-9-19-30-24-16-14-23(15-17-24)28-27-22-12-10-21(11-13-22)25(29)31-20-18-26/h10-17H,2-9,18-20H2,1H3. The van der Waals surface area contributed by atoms with Gasteiger partial charge < -0.3 is 9.47 Å². The number of hydrogen-bond acceptors (Lipinski definition) is 5. The Labute approximate surface area is 190 Å². The first-order valence-electron chi connectivity index (χ1n) is 11.2. The molecule has 168 valence electrons. The summed E-state index contributed by atoms with van der Waals surface area (Å²) in [5, 5.41) is 8.43. The van der Waals surface area contributed by atoms with Crippen LogP contribution in [0.1, 0.15) is 68.6 Å². The summed E-state index contributed by atoms with van der Waals surface area (Å²) in [5.74, 6) is 0.731. The van der Waals surface area contributed by atoms with Crippen LogP contribution in [0.25, 0.3) is 0 Å². The molecule has 0 radical (unpaired) electrons. The number of hydrogen-bond donors (Lipinski definition) is 0. The Hall–Kier alpha value is -2.40. The predicted molar refractivity (Wildman–Crippen MR) is 126 cm³/mol. The number of nitrogens with zero attached hydrogens (tertiary/aromatic N) is 2. The smallest absolute Gasteiger partial charge is 0.338 e. The summed E-state index contributed by atoms with van der Waals surface area (Å²) in [6, 6.07) is 14.4. The van der Waals surface area contributed by atoms with Crippen LogP contribution in [0.2, 0.25) is 0 Å². The number of rotatable bonds is 15. The lowest BCUT2D eigenvalue weighted by atomic mass is 10.1. The van der Waals surface area contributed by atoms with Crippen molar-refractivity contribution in [1.29, 1.82) is 0 Å². The van der Waals surface area contributed by atoms with Gasteiger partial charge in [0, 0.05) is 0 Å². The minimum atomic E-state index is -0.397. The van der Waals surface area contributed by atoms with Crippen molar-refractivity contribution in [2.75, 3.05) is 19.1 Å². The lowest BCUT2D eigenvalue weighted by molar-refractivity contribution is 0.0529. The van der Waals surface area contributed by atoms with E-state index in [1.807, 2.05) is 24.3 Å². The number of benzene rings is 2. The van der Waals surface area contributed by atoms with Crippen LogP contribution < -0.4 is 4.74 Å². The lowest BCUT2D eigenvalue weighted by Gasteiger charge is -2.06. The molecule has 0 spiro atoms. The van der Waals surface area contributed by atoms with Crippen LogP contribution in [0.15, 0.2) is 58.8 Å². The summed E-state index contributed by atoms with van der Waals surface area (Å²) >= 11 is 5.52. The van der Waals surface area contributed by atoms with Gasteiger partial charge in [-0.2, -0.15) is 10.2 Å². The first kappa shape index (κ1) is 24.9. The molecule has 0 aromatic heterocycles. The first-order chi connectivity index (χ1) is 15.2. The molecule has 0 aliphatic heterocycles. The van der Waals surface area contributed by atoms with Crippen molar-refractivity contribution in [3.05, 3.63) is 54.1 Å². The largest absolute Gasteiger partial charge is 0.494 e. The second-order valence-corrected chi connectivity index (χ2v) is 7.77. The monoisotopic (exact) mass is 444 g/mol. The third kappa shape index (κ3) is 10.5. The highest BCUT2D eigenvalue weighted by molar-refractivity contribution is 6.18. The molecule has 0 amide bonds. The predicted octanol–water partition coefficient (Wildman–Crippen LogP) is 8.02. The van der Waals surface area contributed by atoms with E-state index < -0.39 is 5.97 Å². The van der Waals surface area contributed by atoms with E-state index in [2.05, 4.69) is 17.2 Å². The quantitative estimate of drug-likeness (QED) is 0.121. The Balaban J connectivity index is 1.68. The molecule has 2 aromatic rings. The van der Waals surface area contributed by atoms with Crippen LogP contribution in [0.4, 0.5) is 11.4 Å². The fourth-order valence-corrected chi connectivity index (χ4v) is 3.11. The highest BCUT2D eigenvalue weighted by Crippen LogP contribution is 2.22. The maximum Gasteiger partial charge on any atom is 0.338 e. The summed E-state index contributed by atoms with van der Waals surface area (Å²) in [4.78, 5) is 11.8. The Morgan fingerprint density at radius 2 is 1.32 bits per heavy atom. The van der Waals surface area contributed by atoms with Crippen molar-refractivity contribution in [2.24, 2.45) is 10.2 Å². The van der Waals surface area contributed by atoms with E-state index in [4.69, 9.17) is 21.1 Å². The number of unbranched alkanes of at least 4 members (excludes halogenated alkanes) is 7. The maximum absolute atomic E-state index is 11.8. The third-order valence-electron chi connectivity index (χ3n) is 4.80. The van der Waals surface area contributed by atoms with E-state index in [0.717, 1.165) is 24.5 Å². The van der Waals surface area contributed by atoms with Crippen molar-refractivity contribution >= 4 is 28.9 Å². The van der Waals surface area contributed by atoms with Gasteiger partial charge in [0.1, 0.15) is 12.4 Å². The van der Waals surface area contributed by atoms with E-state index in [1.165, 1.54) is 44.9 Å². The number of carbonyl (C=O) groups is 1. The van der Waals surface area contributed by atoms with E-state index in [0.29, 0.717) is 11.3 Å². The average molecular weight is 445 g/mol. The fourth-order valence-electron chi connectivity index (χ4n) is 3.03. The zero-order valence-corrected chi connectivity index (χ0v) is 19.2. The molecule has 0 heterocycles. The highest BCUT2D eigenvalue weighted by Gasteiger charge is 2.06. The number of alkyl halides is 1. The molecule has 2 rings (SSSR count). The summed E-state index contributed by atoms with van der Waals surface area (Å²) < 4.78 is 10.8. The third-order valence-corrected chi connectivity index (χ3v) is 4.95. The second kappa shape index (κ2) is 15.4. The van der Waals surface area contributed by atoms with E-state index in [1.54, 1.807) is 24.3 Å². The Bertz CT molecular complexity index is 776. The van der Waals surface area contributed by atoms with Crippen molar-refractivity contribution < 1.29 is 14.3 Å². The zero-order valence-electron chi connectivity index (χ0n) is 18.4. The van der Waals surface area contributed by atoms with Crippen molar-refractivity contribution in [2.45, 2.75) is 58.3 Å². The van der Waals surface area contributed by atoms with E-state index >= 15 is 0 Å². The molecular formula is C25H33ClN2O3. The topological polar surface area (TPSA) is 60.2 Å². The molecule has 2 aromatic carbocycles. The number of halogens is 1. The Morgan fingerprint density at radius 1 is 0.774 bits per heavy atom. The Kier molecular flexibility index (Phi) is 12.4. The minimum absolute atomic E-state index is 0.195. The van der Waals surface area contributed by atoms with Crippen molar-refractivity contribution in [3.8, 4) is 5.75 Å². The van der Waals surface area contributed by atoms with Crippen LogP contribution in [-0.4, -0.2) is 25.1 Å². The van der Waals surface area contributed by atoms with E-state index in [9.17, 15) is 4.79 Å². The maximum atomic E-state index is 11.8. The molecule has 0 saturated heterocycles. The number of carbonyl (C=O) groups excluding carboxylic acids is 1. The van der Waals surface area contributed by atoms with Crippen LogP contribution >= 0.6 is 11.6 Å². The van der Waals surface area contributed by atoms with Crippen LogP contribution in [0.3, 0.4) is 0 Å². The van der Waals surface area contributed by atoms with Gasteiger partial charge in [-0.25, -0.2) is 4.79 Å². The molecule has 0 atom stereocenters. The SMILES string of the molecule is CCCCCCCCCCOc1ccc(N=Nc2ccc(C(=O)OCCCl)cc2)cc1. The molecule has 0 saturated carbocycles. The minimum Gasteiger partial charge on any atom is -0.494 e. The molecule has 6 heteroatoms. The number of ether oxygens (including phenoxy) is 2. The van der Waals surface area contributed by atoms with Crippen LogP contribution in [-0.2, 0) is 4.74 Å². The van der Waals surface area contributed by atoms with Gasteiger partial charge in [-0.1, -0.05) is 51.9 Å². The molecule has 31 heavy (non-hydrogen) atoms. The van der Waals surface area contributed by atoms with E-state index in [-0.39, 0.29) is 12.5 Å². The lowest BCUT2D eigenvalue weighted by Crippen LogP contribution is -2.06. The molecule has 0 aliphatic carbocycles. The van der Waals surface area contributed by atoms with Gasteiger partial charge in [0.05, 0.1) is 29.4 Å². The normalized spacial score (nSPS) is 11.0. The number of azo groups is 1. The molecular weight excluding hydrogens is 412 g/mol. The van der Waals surface area contributed by atoms with Crippen molar-refractivity contribution in [3.63, 3.8) is 0 Å². The summed E-state index contributed by atoms with van der Waals surface area (Å²) in [7, 11) is 0. The number of esters is 1. The average Bonchev–Trinajstić information content (AvgIpc) is 2.81. The summed E-state index contributed by atoms with van der Waals surface area (Å²) in [6.45, 7) is 3.19. The molecule has 0 bridgehead atoms. The highest BCUT2D eigenvalue weighted by atomic mass is 35.5. The van der Waals surface area contributed by atoms with Gasteiger partial charge in [0.15, 0.2) is 0 Å². The molecule has 5 nitrogen and oxygen atoms in total. The van der Waals surface area contributed by atoms with Gasteiger partial charge in [0.25, 0.3) is 0 Å². The fraction of sp³-hybridized carbons (Fsp3) is 0.480. The molecule has 0 fully saturated rings. The summed E-state index contributed by atoms with van der Waals surface area (Å²) in [6.07, 6.45) is 10.3. The van der Waals surface area contributed by atoms with Crippen LogP contribution in [0, 0.1) is 0 Å². The Morgan fingerprint density at radius 3 is 1.90 bits per heavy atom. The van der Waals surface area contributed by atoms with Gasteiger partial charge in [-0.3, -0.25) is 0 Å². The van der Waals surface area contributed by atoms with Gasteiger partial charge in [-0.15, -0.1) is 11.6 Å². The molecule has 0 unspecified atom stereocenters. The van der Waals surface area contributed by atoms with Gasteiger partial charge in [-0.05, 0) is 55.0 Å². The molecule has 0 aliphatic rings. The van der Waals surface area contributed by atoms with Gasteiger partial charge >= 0.3 is 5.97 Å². The van der Waals surface area contributed by atoms with Crippen molar-refractivity contribution in [1.82, 2.24) is 0 Å². The van der Waals surface area contributed by atoms with Gasteiger partial charge in [0.2, 0.25) is 0 Å². The second-order valence-electron chi connectivity index (χ2n) is 7.39. The van der Waals surface area contributed by atoms with Crippen LogP contribution in [0.5, 0.6) is 5.75 Å². The molecule has 0 N–H and O–H groups in total. The summed E-state index contributed by atoms with van der Waals surface area (Å²) in [5.41, 5.74) is 1.86. The zero-order chi connectivity index (χ0) is 22.2. The first-order valence-corrected chi connectivity index (χ1v) is 11.7.